The lowest BCUT2D eigenvalue weighted by molar-refractivity contribution is 0.0871. The molecule has 3 aliphatic rings. The molecule has 0 aromatic heterocycles. The van der Waals surface area contributed by atoms with Gasteiger partial charge in [-0.05, 0) is 50.4 Å². The highest BCUT2D eigenvalue weighted by Crippen LogP contribution is 2.38. The van der Waals surface area contributed by atoms with E-state index in [2.05, 4.69) is 22.3 Å². The van der Waals surface area contributed by atoms with Crippen LogP contribution in [0.2, 0.25) is 0 Å². The van der Waals surface area contributed by atoms with Crippen molar-refractivity contribution in [3.8, 4) is 0 Å². The minimum absolute atomic E-state index is 0.169. The third kappa shape index (κ3) is 2.58. The first-order chi connectivity index (χ1) is 9.28. The number of carbonyl (C=O) groups excluding carboxylic acids is 1. The van der Waals surface area contributed by atoms with Crippen LogP contribution in [0.25, 0.3) is 0 Å². The van der Waals surface area contributed by atoms with Gasteiger partial charge in [-0.3, -0.25) is 4.79 Å². The average Bonchev–Trinajstić information content (AvgIpc) is 2.49. The molecule has 2 bridgehead atoms. The molecule has 1 aromatic carbocycles. The SMILES string of the molecule is CNCC(=O)c1ccc(C2CN3CCC2CC3)cc1. The van der Waals surface area contributed by atoms with Crippen molar-refractivity contribution >= 4 is 5.78 Å². The van der Waals surface area contributed by atoms with E-state index in [4.69, 9.17) is 0 Å². The summed E-state index contributed by atoms with van der Waals surface area (Å²) in [5, 5.41) is 2.91. The van der Waals surface area contributed by atoms with Crippen LogP contribution in [0.1, 0.15) is 34.7 Å². The van der Waals surface area contributed by atoms with Crippen LogP contribution in [0.4, 0.5) is 0 Å². The second-order valence-corrected chi connectivity index (χ2v) is 5.82. The molecule has 3 heterocycles. The first-order valence-electron chi connectivity index (χ1n) is 7.28. The number of piperidine rings is 3. The maximum absolute atomic E-state index is 11.8. The van der Waals surface area contributed by atoms with Gasteiger partial charge in [0.25, 0.3) is 0 Å². The third-order valence-electron chi connectivity index (χ3n) is 4.65. The van der Waals surface area contributed by atoms with Crippen molar-refractivity contribution in [3.05, 3.63) is 35.4 Å². The summed E-state index contributed by atoms with van der Waals surface area (Å²) in [6, 6.07) is 8.31. The number of Topliss-reactive ketones (excluding diaryl/α,β-unsaturated/α-hetero) is 1. The lowest BCUT2D eigenvalue weighted by Gasteiger charge is -2.45. The molecule has 0 saturated carbocycles. The van der Waals surface area contributed by atoms with E-state index in [1.807, 2.05) is 12.1 Å². The van der Waals surface area contributed by atoms with Crippen LogP contribution in [-0.4, -0.2) is 43.9 Å². The number of nitrogens with zero attached hydrogens (tertiary/aromatic N) is 1. The summed E-state index contributed by atoms with van der Waals surface area (Å²) >= 11 is 0. The smallest absolute Gasteiger partial charge is 0.176 e. The van der Waals surface area contributed by atoms with Crippen LogP contribution < -0.4 is 5.32 Å². The molecule has 19 heavy (non-hydrogen) atoms. The van der Waals surface area contributed by atoms with Crippen molar-refractivity contribution in [1.29, 1.82) is 0 Å². The lowest BCUT2D eigenvalue weighted by Crippen LogP contribution is -2.46. The van der Waals surface area contributed by atoms with Gasteiger partial charge < -0.3 is 10.2 Å². The second kappa shape index (κ2) is 5.43. The minimum Gasteiger partial charge on any atom is -0.313 e. The number of nitrogens with one attached hydrogen (secondary N) is 1. The van der Waals surface area contributed by atoms with Crippen LogP contribution in [0.3, 0.4) is 0 Å². The predicted octanol–water partition coefficient (Wildman–Crippen LogP) is 1.90. The highest BCUT2D eigenvalue weighted by molar-refractivity contribution is 5.97. The molecule has 0 radical (unpaired) electrons. The predicted molar refractivity (Wildman–Crippen MR) is 76.6 cm³/mol. The van der Waals surface area contributed by atoms with Crippen molar-refractivity contribution in [1.82, 2.24) is 10.2 Å². The van der Waals surface area contributed by atoms with Gasteiger partial charge in [-0.15, -0.1) is 0 Å². The number of carbonyl (C=O) groups is 1. The Morgan fingerprint density at radius 3 is 2.47 bits per heavy atom. The fourth-order valence-corrected chi connectivity index (χ4v) is 3.52. The van der Waals surface area contributed by atoms with Crippen LogP contribution in [0.15, 0.2) is 24.3 Å². The van der Waals surface area contributed by atoms with Crippen molar-refractivity contribution in [2.24, 2.45) is 5.92 Å². The van der Waals surface area contributed by atoms with Gasteiger partial charge in [0, 0.05) is 12.1 Å². The number of likely N-dealkylation sites (N-methyl/N-ethyl adjacent to an activating group) is 1. The van der Waals surface area contributed by atoms with Crippen LogP contribution in [0, 0.1) is 5.92 Å². The summed E-state index contributed by atoms with van der Waals surface area (Å²) in [5.74, 6) is 1.70. The molecule has 3 saturated heterocycles. The lowest BCUT2D eigenvalue weighted by atomic mass is 9.75. The topological polar surface area (TPSA) is 32.3 Å². The highest BCUT2D eigenvalue weighted by atomic mass is 16.1. The normalized spacial score (nSPS) is 29.4. The number of hydrogen-bond acceptors (Lipinski definition) is 3. The van der Waals surface area contributed by atoms with E-state index < -0.39 is 0 Å². The molecule has 0 spiro atoms. The molecule has 1 atom stereocenters. The fourth-order valence-electron chi connectivity index (χ4n) is 3.52. The van der Waals surface area contributed by atoms with E-state index in [0.29, 0.717) is 12.5 Å². The summed E-state index contributed by atoms with van der Waals surface area (Å²) in [7, 11) is 1.81. The van der Waals surface area contributed by atoms with Crippen LogP contribution >= 0.6 is 0 Å². The number of fused-ring (bicyclic) bond motifs is 3. The Morgan fingerprint density at radius 1 is 1.26 bits per heavy atom. The number of rotatable bonds is 4. The van der Waals surface area contributed by atoms with E-state index in [1.54, 1.807) is 7.05 Å². The standard InChI is InChI=1S/C16H22N2O/c1-17-10-16(19)14-4-2-12(3-5-14)15-11-18-8-6-13(15)7-9-18/h2-5,13,15,17H,6-11H2,1H3. The van der Waals surface area contributed by atoms with Crippen LogP contribution in [0.5, 0.6) is 0 Å². The van der Waals surface area contributed by atoms with E-state index in [-0.39, 0.29) is 5.78 Å². The maximum Gasteiger partial charge on any atom is 0.176 e. The highest BCUT2D eigenvalue weighted by Gasteiger charge is 2.34. The van der Waals surface area contributed by atoms with Gasteiger partial charge in [-0.1, -0.05) is 24.3 Å². The molecule has 3 nitrogen and oxygen atoms in total. The molecule has 1 unspecified atom stereocenters. The summed E-state index contributed by atoms with van der Waals surface area (Å²) in [5.41, 5.74) is 2.23. The van der Waals surface area contributed by atoms with E-state index >= 15 is 0 Å². The van der Waals surface area contributed by atoms with Gasteiger partial charge in [0.1, 0.15) is 0 Å². The Kier molecular flexibility index (Phi) is 3.67. The van der Waals surface area contributed by atoms with Crippen molar-refractivity contribution in [2.45, 2.75) is 18.8 Å². The zero-order valence-electron chi connectivity index (χ0n) is 11.6. The van der Waals surface area contributed by atoms with Crippen molar-refractivity contribution in [3.63, 3.8) is 0 Å². The van der Waals surface area contributed by atoms with Gasteiger partial charge in [-0.2, -0.15) is 0 Å². The average molecular weight is 258 g/mol. The molecule has 0 amide bonds. The largest absolute Gasteiger partial charge is 0.313 e. The Hall–Kier alpha value is -1.19. The van der Waals surface area contributed by atoms with Gasteiger partial charge in [0.2, 0.25) is 0 Å². The first kappa shape index (κ1) is 12.8. The van der Waals surface area contributed by atoms with E-state index in [0.717, 1.165) is 11.5 Å². The first-order valence-corrected chi connectivity index (χ1v) is 7.28. The van der Waals surface area contributed by atoms with Gasteiger partial charge in [-0.25, -0.2) is 0 Å². The summed E-state index contributed by atoms with van der Waals surface area (Å²) < 4.78 is 0. The Balaban J connectivity index is 1.74. The number of ketones is 1. The summed E-state index contributed by atoms with van der Waals surface area (Å²) in [6.07, 6.45) is 2.68. The Morgan fingerprint density at radius 2 is 1.95 bits per heavy atom. The summed E-state index contributed by atoms with van der Waals surface area (Å²) in [6.45, 7) is 4.17. The molecule has 3 heteroatoms. The zero-order chi connectivity index (χ0) is 13.2. The Bertz CT molecular complexity index is 446. The quantitative estimate of drug-likeness (QED) is 0.837. The van der Waals surface area contributed by atoms with Gasteiger partial charge >= 0.3 is 0 Å². The van der Waals surface area contributed by atoms with E-state index in [1.165, 1.54) is 38.0 Å². The number of hydrogen-bond donors (Lipinski definition) is 1. The van der Waals surface area contributed by atoms with Gasteiger partial charge in [0.15, 0.2) is 5.78 Å². The summed E-state index contributed by atoms with van der Waals surface area (Å²) in [4.78, 5) is 14.4. The molecular formula is C16H22N2O. The second-order valence-electron chi connectivity index (χ2n) is 5.82. The molecule has 3 aliphatic heterocycles. The fraction of sp³-hybridized carbons (Fsp3) is 0.562. The molecule has 0 aliphatic carbocycles. The van der Waals surface area contributed by atoms with Crippen molar-refractivity contribution in [2.75, 3.05) is 33.2 Å². The molecule has 102 valence electrons. The molecule has 3 fully saturated rings. The molecule has 1 aromatic rings. The van der Waals surface area contributed by atoms with Crippen molar-refractivity contribution < 1.29 is 4.79 Å². The number of benzene rings is 1. The van der Waals surface area contributed by atoms with Crippen LogP contribution in [-0.2, 0) is 0 Å². The van der Waals surface area contributed by atoms with Gasteiger partial charge in [0.05, 0.1) is 6.54 Å². The molecule has 4 rings (SSSR count). The third-order valence-corrected chi connectivity index (χ3v) is 4.65. The molecular weight excluding hydrogens is 236 g/mol. The van der Waals surface area contributed by atoms with E-state index in [9.17, 15) is 4.79 Å². The molecule has 1 N–H and O–H groups in total. The Labute approximate surface area is 115 Å². The monoisotopic (exact) mass is 258 g/mol. The zero-order valence-corrected chi connectivity index (χ0v) is 11.6. The maximum atomic E-state index is 11.8. The minimum atomic E-state index is 0.169.